The number of ether oxygens (including phenoxy) is 5. The second-order valence-electron chi connectivity index (χ2n) is 9.80. The molecule has 1 aliphatic rings. The van der Waals surface area contributed by atoms with Crippen LogP contribution in [0.15, 0.2) is 24.3 Å². The monoisotopic (exact) mass is 628 g/mol. The van der Waals surface area contributed by atoms with Crippen LogP contribution in [0.3, 0.4) is 0 Å². The van der Waals surface area contributed by atoms with Gasteiger partial charge in [-0.15, -0.1) is 0 Å². The van der Waals surface area contributed by atoms with E-state index in [1.165, 1.54) is 0 Å². The highest BCUT2D eigenvalue weighted by Crippen LogP contribution is 2.35. The van der Waals surface area contributed by atoms with E-state index in [4.69, 9.17) is 46.8 Å². The number of rotatable bonds is 10. The third-order valence-corrected chi connectivity index (χ3v) is 7.12. The molecule has 15 heteroatoms. The molecule has 3 heterocycles. The Kier molecular flexibility index (Phi) is 10.8. The van der Waals surface area contributed by atoms with Gasteiger partial charge < -0.3 is 45.4 Å². The Bertz CT molecular complexity index is 1620. The molecule has 0 saturated carbocycles. The summed E-state index contributed by atoms with van der Waals surface area (Å²) < 4.78 is 26.3. The number of amides is 1. The molecular formula is C29H37ClN8O6. The molecule has 1 unspecified atom stereocenters. The van der Waals surface area contributed by atoms with E-state index in [0.717, 1.165) is 19.3 Å². The first kappa shape index (κ1) is 32.4. The number of halogens is 1. The van der Waals surface area contributed by atoms with Crippen LogP contribution in [0.4, 0.5) is 17.6 Å². The van der Waals surface area contributed by atoms with Gasteiger partial charge in [-0.05, 0) is 43.0 Å². The number of benzene rings is 2. The van der Waals surface area contributed by atoms with Crippen LogP contribution in [0.1, 0.15) is 19.3 Å². The molecule has 44 heavy (non-hydrogen) atoms. The van der Waals surface area contributed by atoms with Gasteiger partial charge >= 0.3 is 0 Å². The molecule has 2 aromatic heterocycles. The number of hydrogen-bond donors (Lipinski definition) is 3. The summed E-state index contributed by atoms with van der Waals surface area (Å²) in [5.41, 5.74) is 13.2. The average Bonchev–Trinajstić information content (AvgIpc) is 3.57. The lowest BCUT2D eigenvalue weighted by molar-refractivity contribution is -0.130. The average molecular weight is 629 g/mol. The molecule has 4 aromatic rings. The highest BCUT2D eigenvalue weighted by atomic mass is 35.5. The van der Waals surface area contributed by atoms with Gasteiger partial charge in [0.25, 0.3) is 0 Å². The molecule has 236 valence electrons. The van der Waals surface area contributed by atoms with Gasteiger partial charge in [0, 0.05) is 49.6 Å². The molecule has 1 saturated heterocycles. The molecule has 0 radical (unpaired) electrons. The smallest absolute Gasteiger partial charge is 0.249 e. The van der Waals surface area contributed by atoms with Crippen molar-refractivity contribution in [3.63, 3.8) is 0 Å². The Morgan fingerprint density at radius 1 is 0.909 bits per heavy atom. The zero-order valence-corrected chi connectivity index (χ0v) is 26.1. The Morgan fingerprint density at radius 3 is 2.00 bits per heavy atom. The lowest BCUT2D eigenvalue weighted by atomic mass is 10.2. The quantitative estimate of drug-likeness (QED) is 0.172. The number of carbonyl (C=O) groups excluding carboxylic acids is 1. The molecule has 1 amide bonds. The van der Waals surface area contributed by atoms with Crippen LogP contribution in [-0.4, -0.2) is 87.1 Å². The van der Waals surface area contributed by atoms with Gasteiger partial charge in [0.15, 0.2) is 23.0 Å². The second kappa shape index (κ2) is 14.8. The molecule has 0 spiro atoms. The van der Waals surface area contributed by atoms with E-state index >= 15 is 0 Å². The lowest BCUT2D eigenvalue weighted by Gasteiger charge is -2.19. The lowest BCUT2D eigenvalue weighted by Crippen LogP contribution is -2.36. The first-order valence-corrected chi connectivity index (χ1v) is 14.2. The van der Waals surface area contributed by atoms with Crippen molar-refractivity contribution in [2.45, 2.75) is 25.4 Å². The minimum Gasteiger partial charge on any atom is -0.493 e. The molecular weight excluding hydrogens is 592 g/mol. The molecule has 5 rings (SSSR count). The number of nitrogens with one attached hydrogen (secondary N) is 1. The Labute approximate surface area is 259 Å². The number of nitrogens with zero attached hydrogens (tertiary/aromatic N) is 5. The number of aromatic nitrogens is 4. The van der Waals surface area contributed by atoms with Gasteiger partial charge in [-0.2, -0.15) is 4.98 Å². The van der Waals surface area contributed by atoms with Gasteiger partial charge in [0.1, 0.15) is 17.7 Å². The van der Waals surface area contributed by atoms with Crippen molar-refractivity contribution >= 4 is 56.9 Å². The zero-order chi connectivity index (χ0) is 31.8. The predicted octanol–water partition coefficient (Wildman–Crippen LogP) is 3.23. The number of carbonyl (C=O) groups is 1. The summed E-state index contributed by atoms with van der Waals surface area (Å²) in [5.74, 6) is 3.48. The number of anilines is 3. The Morgan fingerprint density at radius 2 is 1.45 bits per heavy atom. The Balaban J connectivity index is 0.000000233. The first-order chi connectivity index (χ1) is 21.2. The maximum atomic E-state index is 12.0. The molecule has 1 aliphatic heterocycles. The van der Waals surface area contributed by atoms with Gasteiger partial charge in [-0.3, -0.25) is 4.79 Å². The molecule has 0 bridgehead atoms. The fourth-order valence-corrected chi connectivity index (χ4v) is 4.80. The maximum absolute atomic E-state index is 12.0. The van der Waals surface area contributed by atoms with Crippen LogP contribution >= 0.6 is 11.6 Å². The van der Waals surface area contributed by atoms with Crippen molar-refractivity contribution in [1.29, 1.82) is 0 Å². The summed E-state index contributed by atoms with van der Waals surface area (Å²) in [5, 5.41) is 4.41. The van der Waals surface area contributed by atoms with Crippen molar-refractivity contribution in [3.8, 4) is 23.0 Å². The van der Waals surface area contributed by atoms with E-state index < -0.39 is 0 Å². The van der Waals surface area contributed by atoms with Crippen LogP contribution < -0.4 is 40.6 Å². The van der Waals surface area contributed by atoms with Crippen LogP contribution in [0.25, 0.3) is 21.8 Å². The van der Waals surface area contributed by atoms with Gasteiger partial charge in [0.2, 0.25) is 17.1 Å². The highest BCUT2D eigenvalue weighted by molar-refractivity contribution is 6.28. The molecule has 2 aromatic carbocycles. The third kappa shape index (κ3) is 7.50. The Hall–Kier alpha value is -4.56. The summed E-state index contributed by atoms with van der Waals surface area (Å²) in [6.45, 7) is 1.90. The predicted molar refractivity (Wildman–Crippen MR) is 169 cm³/mol. The van der Waals surface area contributed by atoms with E-state index in [1.807, 2.05) is 11.9 Å². The fourth-order valence-electron chi connectivity index (χ4n) is 4.61. The molecule has 1 atom stereocenters. The van der Waals surface area contributed by atoms with Gasteiger partial charge in [0.05, 0.1) is 39.5 Å². The van der Waals surface area contributed by atoms with E-state index in [9.17, 15) is 4.79 Å². The highest BCUT2D eigenvalue weighted by Gasteiger charge is 2.23. The van der Waals surface area contributed by atoms with E-state index in [0.29, 0.717) is 82.1 Å². The van der Waals surface area contributed by atoms with E-state index in [-0.39, 0.29) is 17.3 Å². The van der Waals surface area contributed by atoms with Gasteiger partial charge in [-0.25, -0.2) is 15.0 Å². The molecule has 1 fully saturated rings. The summed E-state index contributed by atoms with van der Waals surface area (Å²) >= 11 is 5.72. The summed E-state index contributed by atoms with van der Waals surface area (Å²) in [6.07, 6.45) is 2.19. The van der Waals surface area contributed by atoms with E-state index in [2.05, 4.69) is 25.3 Å². The summed E-state index contributed by atoms with van der Waals surface area (Å²) in [6, 6.07) is 6.98. The van der Waals surface area contributed by atoms with Crippen molar-refractivity contribution in [2.75, 3.05) is 71.6 Å². The standard InChI is InChI=1S/C19H27N5O4.C10H10ClN3O2/c1-24(8-5-7-21-18(25)14-6-4-9-28-14)19-22-13-11-16(27-3)15(26-2)10-12(13)17(20)23-19;1-15-7-3-5-6(4-8(7)16-2)13-10(11)14-9(5)12/h10-11,14H,4-9H2,1-3H3,(H,21,25)(H2,20,22,23);3-4H,1-2H3,(H2,12,13,14). The summed E-state index contributed by atoms with van der Waals surface area (Å²) in [7, 11) is 8.14. The van der Waals surface area contributed by atoms with Crippen LogP contribution in [0.2, 0.25) is 5.28 Å². The first-order valence-electron chi connectivity index (χ1n) is 13.8. The van der Waals surface area contributed by atoms with Crippen LogP contribution in [0, 0.1) is 0 Å². The minimum atomic E-state index is -0.298. The molecule has 14 nitrogen and oxygen atoms in total. The molecule has 0 aliphatic carbocycles. The van der Waals surface area contributed by atoms with Crippen LogP contribution in [-0.2, 0) is 9.53 Å². The van der Waals surface area contributed by atoms with Crippen molar-refractivity contribution < 1.29 is 28.5 Å². The number of nitrogens with two attached hydrogens (primary N) is 2. The second-order valence-corrected chi connectivity index (χ2v) is 10.1. The molecule has 5 N–H and O–H groups in total. The fraction of sp³-hybridized carbons (Fsp3) is 0.414. The van der Waals surface area contributed by atoms with Crippen molar-refractivity contribution in [1.82, 2.24) is 25.3 Å². The van der Waals surface area contributed by atoms with Crippen molar-refractivity contribution in [3.05, 3.63) is 29.5 Å². The largest absolute Gasteiger partial charge is 0.493 e. The zero-order valence-electron chi connectivity index (χ0n) is 25.3. The number of nitrogen functional groups attached to an aromatic ring is 2. The van der Waals surface area contributed by atoms with E-state index in [1.54, 1.807) is 52.7 Å². The third-order valence-electron chi connectivity index (χ3n) is 6.96. The normalized spacial score (nSPS) is 14.1. The SMILES string of the molecule is COc1cc2nc(Cl)nc(N)c2cc1OC.COc1cc2nc(N(C)CCCNC(=O)C3CCCO3)nc(N)c2cc1OC. The maximum Gasteiger partial charge on any atom is 0.249 e. The number of fused-ring (bicyclic) bond motifs is 2. The minimum absolute atomic E-state index is 0.0348. The summed E-state index contributed by atoms with van der Waals surface area (Å²) in [4.78, 5) is 30.8. The van der Waals surface area contributed by atoms with Crippen molar-refractivity contribution in [2.24, 2.45) is 0 Å². The van der Waals surface area contributed by atoms with Crippen LogP contribution in [0.5, 0.6) is 23.0 Å². The van der Waals surface area contributed by atoms with Gasteiger partial charge in [-0.1, -0.05) is 0 Å². The number of hydrogen-bond acceptors (Lipinski definition) is 13. The number of methoxy groups -OCH3 is 4. The topological polar surface area (TPSA) is 182 Å².